The number of aromatic nitrogens is 5. The number of ketones is 1. The number of aryl methyl sites for hydroxylation is 1. The van der Waals surface area contributed by atoms with Crippen molar-refractivity contribution < 1.29 is 22.2 Å². The molecular weight excluding hydrogens is 625 g/mol. The van der Waals surface area contributed by atoms with Crippen molar-refractivity contribution in [1.82, 2.24) is 28.6 Å². The summed E-state index contributed by atoms with van der Waals surface area (Å²) in [5, 5.41) is 5.15. The van der Waals surface area contributed by atoms with Crippen LogP contribution in [0.5, 0.6) is 0 Å². The fourth-order valence-electron chi connectivity index (χ4n) is 7.11. The van der Waals surface area contributed by atoms with Crippen LogP contribution in [0.15, 0.2) is 71.9 Å². The van der Waals surface area contributed by atoms with E-state index in [1.165, 1.54) is 30.7 Å². The van der Waals surface area contributed by atoms with Crippen LogP contribution in [0, 0.1) is 11.2 Å². The largest absolute Gasteiger partial charge is 0.339 e. The van der Waals surface area contributed by atoms with E-state index in [0.717, 1.165) is 16.8 Å². The molecule has 3 heterocycles. The third-order valence-corrected chi connectivity index (χ3v) is 11.6. The molecule has 0 radical (unpaired) electrons. The van der Waals surface area contributed by atoms with Crippen LogP contribution in [0.1, 0.15) is 53.8 Å². The fraction of sp³-hybridized carbons (Fsp3) is 0.344. The van der Waals surface area contributed by atoms with Gasteiger partial charge in [-0.25, -0.2) is 31.4 Å². The molecule has 2 saturated carbocycles. The van der Waals surface area contributed by atoms with Gasteiger partial charge in [-0.2, -0.15) is 5.10 Å². The van der Waals surface area contributed by atoms with E-state index in [9.17, 15) is 22.2 Å². The van der Waals surface area contributed by atoms with Crippen LogP contribution in [0.3, 0.4) is 0 Å². The number of fused-ring (bicyclic) bond motifs is 2. The Balaban J connectivity index is 1.33. The normalized spacial score (nSPS) is 23.9. The predicted molar refractivity (Wildman–Crippen MR) is 165 cm³/mol. The van der Waals surface area contributed by atoms with Crippen molar-refractivity contribution in [1.29, 1.82) is 0 Å². The Morgan fingerprint density at radius 2 is 1.89 bits per heavy atom. The molecule has 1 unspecified atom stereocenters. The minimum absolute atomic E-state index is 0.185. The molecule has 0 aliphatic heterocycles. The number of rotatable bonds is 7. The zero-order valence-corrected chi connectivity index (χ0v) is 25.9. The van der Waals surface area contributed by atoms with Crippen molar-refractivity contribution in [2.45, 2.75) is 61.6 Å². The molecule has 2 fully saturated rings. The molecule has 0 spiro atoms. The third-order valence-electron chi connectivity index (χ3n) is 9.23. The lowest BCUT2D eigenvalue weighted by Crippen LogP contribution is -2.59. The van der Waals surface area contributed by atoms with Crippen molar-refractivity contribution in [3.63, 3.8) is 0 Å². The van der Waals surface area contributed by atoms with Gasteiger partial charge in [-0.15, -0.1) is 0 Å². The summed E-state index contributed by atoms with van der Waals surface area (Å²) in [5.41, 5.74) is 2.14. The molecule has 3 aliphatic rings. The monoisotopic (exact) mass is 654 g/mol. The Bertz CT molecular complexity index is 1950. The molecule has 234 valence electrons. The number of alkyl halides is 2. The highest BCUT2D eigenvalue weighted by Gasteiger charge is 2.56. The maximum atomic E-state index is 14.6. The SMILES string of the molecule is C=S(=O)(c1cn(C)cn1)N(C1CC(F)(F)C1)[C@H]1CCC2=Cc3c(cnn3-c3ccc(F)cc3)C[C@]2(C(=O)c2cc(Cl)ccn2)C1. The second-order valence-corrected chi connectivity index (χ2v) is 14.8. The average Bonchev–Trinajstić information content (AvgIpc) is 3.61. The topological polar surface area (TPSA) is 85.9 Å². The van der Waals surface area contributed by atoms with Crippen LogP contribution in [0.2, 0.25) is 5.02 Å². The zero-order chi connectivity index (χ0) is 31.7. The standard InChI is InChI=1S/C32H30ClF3N6O2S/c1-40-18-29(38-19-40)45(2,44)42(26-15-32(35,36)16-26)25-6-3-21-11-28-20(17-39-41(28)24-7-4-23(34)5-8-24)13-31(21,14-25)30(43)27-12-22(33)9-10-37-27/h4-5,7-12,17-19,25-26H,2-3,6,13-16H2,1H3/t25-,31-,45?/m0/s1. The molecule has 13 heteroatoms. The van der Waals surface area contributed by atoms with E-state index < -0.39 is 46.0 Å². The first-order valence-electron chi connectivity index (χ1n) is 14.6. The Morgan fingerprint density at radius 1 is 1.13 bits per heavy atom. The number of nitrogens with zero attached hydrogens (tertiary/aromatic N) is 6. The lowest BCUT2D eigenvalue weighted by atomic mass is 9.60. The molecular formula is C32H30ClF3N6O2S. The van der Waals surface area contributed by atoms with Gasteiger partial charge < -0.3 is 4.57 Å². The molecule has 4 aromatic rings. The van der Waals surface area contributed by atoms with Crippen LogP contribution < -0.4 is 0 Å². The summed E-state index contributed by atoms with van der Waals surface area (Å²) in [6, 6.07) is 7.89. The molecule has 3 aromatic heterocycles. The third kappa shape index (κ3) is 5.12. The number of Topliss-reactive ketones (excluding diaryl/α,β-unsaturated/α-hetero) is 1. The summed E-state index contributed by atoms with van der Waals surface area (Å²) < 4.78 is 61.8. The minimum atomic E-state index is -3.29. The van der Waals surface area contributed by atoms with Gasteiger partial charge >= 0.3 is 0 Å². The Kier molecular flexibility index (Phi) is 7.10. The first kappa shape index (κ1) is 29.9. The van der Waals surface area contributed by atoms with Gasteiger partial charge in [0.05, 0.1) is 39.0 Å². The Hall–Kier alpha value is -3.74. The van der Waals surface area contributed by atoms with Crippen LogP contribution >= 0.6 is 11.6 Å². The van der Waals surface area contributed by atoms with Crippen molar-refractivity contribution >= 4 is 39.0 Å². The summed E-state index contributed by atoms with van der Waals surface area (Å²) in [4.78, 5) is 23.3. The highest BCUT2D eigenvalue weighted by atomic mass is 35.5. The number of imidazole rings is 1. The van der Waals surface area contributed by atoms with E-state index in [1.54, 1.807) is 51.2 Å². The number of hydrogen-bond donors (Lipinski definition) is 0. The second-order valence-electron chi connectivity index (χ2n) is 12.3. The maximum absolute atomic E-state index is 14.6. The summed E-state index contributed by atoms with van der Waals surface area (Å²) >= 11 is 6.29. The number of pyridine rings is 1. The molecule has 1 aromatic carbocycles. The lowest BCUT2D eigenvalue weighted by Gasteiger charge is -2.51. The van der Waals surface area contributed by atoms with Crippen molar-refractivity contribution in [2.24, 2.45) is 12.5 Å². The molecule has 7 rings (SSSR count). The van der Waals surface area contributed by atoms with E-state index >= 15 is 0 Å². The first-order valence-corrected chi connectivity index (χ1v) is 16.6. The van der Waals surface area contributed by atoms with Crippen molar-refractivity contribution in [2.75, 3.05) is 0 Å². The van der Waals surface area contributed by atoms with Gasteiger partial charge in [-0.3, -0.25) is 9.78 Å². The molecule has 45 heavy (non-hydrogen) atoms. The summed E-state index contributed by atoms with van der Waals surface area (Å²) in [6.07, 6.45) is 8.69. The number of carbonyl (C=O) groups is 1. The molecule has 0 N–H and O–H groups in total. The van der Waals surface area contributed by atoms with Crippen LogP contribution in [0.4, 0.5) is 13.2 Å². The average molecular weight is 655 g/mol. The summed E-state index contributed by atoms with van der Waals surface area (Å²) in [6.45, 7) is 0. The van der Waals surface area contributed by atoms with E-state index in [-0.39, 0.29) is 35.2 Å². The van der Waals surface area contributed by atoms with Crippen LogP contribution in [-0.2, 0) is 23.2 Å². The number of carbonyl (C=O) groups excluding carboxylic acids is 1. The number of allylic oxidation sites excluding steroid dienone is 1. The molecule has 8 nitrogen and oxygen atoms in total. The van der Waals surface area contributed by atoms with Gasteiger partial charge in [-0.1, -0.05) is 17.2 Å². The van der Waals surface area contributed by atoms with Gasteiger partial charge in [0, 0.05) is 49.4 Å². The molecule has 0 saturated heterocycles. The van der Waals surface area contributed by atoms with E-state index in [1.807, 2.05) is 6.08 Å². The predicted octanol–water partition coefficient (Wildman–Crippen LogP) is 5.94. The molecule has 0 amide bonds. The highest BCUT2D eigenvalue weighted by molar-refractivity contribution is 7.98. The molecule has 3 aliphatic carbocycles. The number of hydrogen-bond acceptors (Lipinski definition) is 5. The number of halogens is 4. The van der Waals surface area contributed by atoms with Gasteiger partial charge in [0.1, 0.15) is 11.5 Å². The second kappa shape index (κ2) is 10.7. The smallest absolute Gasteiger partial charge is 0.251 e. The van der Waals surface area contributed by atoms with Gasteiger partial charge in [0.15, 0.2) is 10.8 Å². The first-order chi connectivity index (χ1) is 21.4. The Morgan fingerprint density at radius 3 is 2.56 bits per heavy atom. The van der Waals surface area contributed by atoms with E-state index in [4.69, 9.17) is 11.6 Å². The van der Waals surface area contributed by atoms with E-state index in [2.05, 4.69) is 20.9 Å². The number of benzene rings is 1. The van der Waals surface area contributed by atoms with Crippen LogP contribution in [-0.4, -0.2) is 62.5 Å². The van der Waals surface area contributed by atoms with Gasteiger partial charge in [0.2, 0.25) is 0 Å². The maximum Gasteiger partial charge on any atom is 0.251 e. The fourth-order valence-corrected chi connectivity index (χ4v) is 9.32. The lowest BCUT2D eigenvalue weighted by molar-refractivity contribution is -0.115. The zero-order valence-electron chi connectivity index (χ0n) is 24.4. The summed E-state index contributed by atoms with van der Waals surface area (Å²) in [7, 11) is -1.56. The Labute approximate surface area is 263 Å². The van der Waals surface area contributed by atoms with Gasteiger partial charge in [0.25, 0.3) is 5.92 Å². The van der Waals surface area contributed by atoms with Gasteiger partial charge in [-0.05, 0) is 79.6 Å². The van der Waals surface area contributed by atoms with E-state index in [0.29, 0.717) is 23.6 Å². The highest BCUT2D eigenvalue weighted by Crippen LogP contribution is 2.53. The summed E-state index contributed by atoms with van der Waals surface area (Å²) in [5.74, 6) is 0.577. The molecule has 3 atom stereocenters. The molecule has 0 bridgehead atoms. The van der Waals surface area contributed by atoms with Crippen molar-refractivity contribution in [3.05, 3.63) is 94.7 Å². The minimum Gasteiger partial charge on any atom is -0.339 e. The quantitative estimate of drug-likeness (QED) is 0.182. The van der Waals surface area contributed by atoms with Crippen LogP contribution in [0.25, 0.3) is 11.8 Å². The van der Waals surface area contributed by atoms with Crippen molar-refractivity contribution in [3.8, 4) is 5.69 Å².